The molecule has 0 bridgehead atoms. The highest BCUT2D eigenvalue weighted by molar-refractivity contribution is 7.20. The molecule has 1 atom stereocenters. The lowest BCUT2D eigenvalue weighted by atomic mass is 10.1. The molecule has 1 aliphatic carbocycles. The van der Waals surface area contributed by atoms with Gasteiger partial charge in [-0.3, -0.25) is 9.78 Å². The molecule has 0 saturated heterocycles. The number of fused-ring (bicyclic) bond motifs is 1. The topological polar surface area (TPSA) is 77.0 Å². The van der Waals surface area contributed by atoms with Crippen molar-refractivity contribution in [2.24, 2.45) is 0 Å². The van der Waals surface area contributed by atoms with E-state index in [1.165, 1.54) is 11.3 Å². The van der Waals surface area contributed by atoms with Gasteiger partial charge in [0.2, 0.25) is 0 Å². The number of thiophene rings is 1. The standard InChI is InChI=1S/C26H26N4O2S/c1-15-22-17(3)28-24(20-6-7-20)30-26(22)33-23(15)25(31)29-16(2)19-8-10-21(11-9-19)32-14-18-5-4-12-27-13-18/h4-5,8-13,16,20H,6-7,14H2,1-3H3,(H,29,31). The molecule has 168 valence electrons. The summed E-state index contributed by atoms with van der Waals surface area (Å²) >= 11 is 1.46. The van der Waals surface area contributed by atoms with Crippen LogP contribution in [0.4, 0.5) is 0 Å². The van der Waals surface area contributed by atoms with Crippen molar-refractivity contribution in [2.75, 3.05) is 0 Å². The molecule has 3 aromatic heterocycles. The molecule has 6 nitrogen and oxygen atoms in total. The summed E-state index contributed by atoms with van der Waals surface area (Å²) < 4.78 is 5.83. The number of aromatic nitrogens is 3. The van der Waals surface area contributed by atoms with E-state index in [1.807, 2.05) is 57.2 Å². The Kier molecular flexibility index (Phi) is 5.81. The van der Waals surface area contributed by atoms with E-state index in [1.54, 1.807) is 12.4 Å². The SMILES string of the molecule is Cc1nc(C2CC2)nc2sc(C(=O)NC(C)c3ccc(OCc4cccnc4)cc3)c(C)c12. The largest absolute Gasteiger partial charge is 0.489 e. The fourth-order valence-corrected chi connectivity index (χ4v) is 5.09. The van der Waals surface area contributed by atoms with Gasteiger partial charge in [0.15, 0.2) is 0 Å². The van der Waals surface area contributed by atoms with Crippen LogP contribution in [-0.4, -0.2) is 20.9 Å². The Morgan fingerprint density at radius 2 is 1.97 bits per heavy atom. The van der Waals surface area contributed by atoms with Gasteiger partial charge in [0, 0.05) is 29.3 Å². The fourth-order valence-electron chi connectivity index (χ4n) is 3.95. The van der Waals surface area contributed by atoms with E-state index in [0.717, 1.165) is 57.0 Å². The van der Waals surface area contributed by atoms with Crippen molar-refractivity contribution < 1.29 is 9.53 Å². The van der Waals surface area contributed by atoms with Gasteiger partial charge in [-0.2, -0.15) is 0 Å². The van der Waals surface area contributed by atoms with Crippen molar-refractivity contribution in [3.05, 3.63) is 81.9 Å². The first-order valence-corrected chi connectivity index (χ1v) is 12.0. The molecule has 5 rings (SSSR count). The maximum Gasteiger partial charge on any atom is 0.262 e. The van der Waals surface area contributed by atoms with Crippen LogP contribution in [0.25, 0.3) is 10.2 Å². The first-order chi connectivity index (χ1) is 16.0. The van der Waals surface area contributed by atoms with Crippen molar-refractivity contribution in [3.8, 4) is 5.75 Å². The molecule has 7 heteroatoms. The van der Waals surface area contributed by atoms with Gasteiger partial charge in [0.25, 0.3) is 5.91 Å². The Morgan fingerprint density at radius 3 is 2.67 bits per heavy atom. The van der Waals surface area contributed by atoms with E-state index >= 15 is 0 Å². The van der Waals surface area contributed by atoms with Crippen molar-refractivity contribution in [1.82, 2.24) is 20.3 Å². The number of aryl methyl sites for hydroxylation is 2. The van der Waals surface area contributed by atoms with E-state index < -0.39 is 0 Å². The number of amides is 1. The molecular weight excluding hydrogens is 432 g/mol. The van der Waals surface area contributed by atoms with Crippen LogP contribution in [0.3, 0.4) is 0 Å². The van der Waals surface area contributed by atoms with E-state index in [9.17, 15) is 4.79 Å². The molecular formula is C26H26N4O2S. The average molecular weight is 459 g/mol. The summed E-state index contributed by atoms with van der Waals surface area (Å²) in [6, 6.07) is 11.6. The van der Waals surface area contributed by atoms with Crippen molar-refractivity contribution >= 4 is 27.5 Å². The van der Waals surface area contributed by atoms with Gasteiger partial charge in [0.05, 0.1) is 16.6 Å². The first kappa shape index (κ1) is 21.5. The molecule has 1 N–H and O–H groups in total. The summed E-state index contributed by atoms with van der Waals surface area (Å²) in [5.74, 6) is 2.12. The normalized spacial score (nSPS) is 14.3. The second kappa shape index (κ2) is 8.90. The Labute approximate surface area is 197 Å². The quantitative estimate of drug-likeness (QED) is 0.387. The van der Waals surface area contributed by atoms with Crippen molar-refractivity contribution in [1.29, 1.82) is 0 Å². The highest BCUT2D eigenvalue weighted by Crippen LogP contribution is 2.40. The van der Waals surface area contributed by atoms with Gasteiger partial charge >= 0.3 is 0 Å². The van der Waals surface area contributed by atoms with Crippen LogP contribution < -0.4 is 10.1 Å². The number of carbonyl (C=O) groups excluding carboxylic acids is 1. The number of ether oxygens (including phenoxy) is 1. The van der Waals surface area contributed by atoms with Crippen LogP contribution in [0.5, 0.6) is 5.75 Å². The zero-order valence-electron chi connectivity index (χ0n) is 19.0. The molecule has 1 unspecified atom stereocenters. The third-order valence-corrected chi connectivity index (χ3v) is 7.18. The molecule has 33 heavy (non-hydrogen) atoms. The maximum atomic E-state index is 13.1. The van der Waals surface area contributed by atoms with Crippen LogP contribution in [0.15, 0.2) is 48.8 Å². The van der Waals surface area contributed by atoms with E-state index in [4.69, 9.17) is 14.7 Å². The summed E-state index contributed by atoms with van der Waals surface area (Å²) in [4.78, 5) is 28.3. The number of pyridine rings is 1. The van der Waals surface area contributed by atoms with Gasteiger partial charge in [-0.1, -0.05) is 18.2 Å². The van der Waals surface area contributed by atoms with Crippen LogP contribution in [0, 0.1) is 13.8 Å². The lowest BCUT2D eigenvalue weighted by Crippen LogP contribution is -2.26. The minimum Gasteiger partial charge on any atom is -0.489 e. The van der Waals surface area contributed by atoms with Crippen LogP contribution in [0.1, 0.15) is 69.6 Å². The smallest absolute Gasteiger partial charge is 0.262 e. The van der Waals surface area contributed by atoms with E-state index in [-0.39, 0.29) is 11.9 Å². The molecule has 0 radical (unpaired) electrons. The summed E-state index contributed by atoms with van der Waals surface area (Å²) in [6.45, 7) is 6.45. The number of hydrogen-bond donors (Lipinski definition) is 1. The van der Waals surface area contributed by atoms with Crippen LogP contribution >= 0.6 is 11.3 Å². The van der Waals surface area contributed by atoms with E-state index in [2.05, 4.69) is 10.3 Å². The molecule has 1 fully saturated rings. The molecule has 1 aromatic carbocycles. The minimum absolute atomic E-state index is 0.0766. The van der Waals surface area contributed by atoms with Crippen LogP contribution in [-0.2, 0) is 6.61 Å². The molecule has 1 aliphatic rings. The summed E-state index contributed by atoms with van der Waals surface area (Å²) in [6.07, 6.45) is 5.86. The lowest BCUT2D eigenvalue weighted by molar-refractivity contribution is 0.0943. The van der Waals surface area contributed by atoms with Crippen LogP contribution in [0.2, 0.25) is 0 Å². The second-order valence-corrected chi connectivity index (χ2v) is 9.59. The number of rotatable bonds is 7. The Bertz CT molecular complexity index is 1300. The zero-order chi connectivity index (χ0) is 22.9. The Hall–Kier alpha value is -3.32. The number of nitrogens with zero attached hydrogens (tertiary/aromatic N) is 3. The third-order valence-electron chi connectivity index (χ3n) is 5.99. The number of nitrogens with one attached hydrogen (secondary N) is 1. The average Bonchev–Trinajstić information content (AvgIpc) is 3.62. The van der Waals surface area contributed by atoms with Gasteiger partial charge in [0.1, 0.15) is 23.0 Å². The van der Waals surface area contributed by atoms with Crippen molar-refractivity contribution in [2.45, 2.75) is 52.2 Å². The first-order valence-electron chi connectivity index (χ1n) is 11.2. The maximum absolute atomic E-state index is 13.1. The highest BCUT2D eigenvalue weighted by Gasteiger charge is 2.28. The Morgan fingerprint density at radius 1 is 1.18 bits per heavy atom. The zero-order valence-corrected chi connectivity index (χ0v) is 19.8. The summed E-state index contributed by atoms with van der Waals surface area (Å²) in [5, 5.41) is 4.15. The van der Waals surface area contributed by atoms with Gasteiger partial charge < -0.3 is 10.1 Å². The van der Waals surface area contributed by atoms with Gasteiger partial charge in [-0.05, 0) is 62.9 Å². The Balaban J connectivity index is 1.27. The summed E-state index contributed by atoms with van der Waals surface area (Å²) in [7, 11) is 0. The lowest BCUT2D eigenvalue weighted by Gasteiger charge is -2.15. The second-order valence-electron chi connectivity index (χ2n) is 8.59. The highest BCUT2D eigenvalue weighted by atomic mass is 32.1. The predicted octanol–water partition coefficient (Wildman–Crippen LogP) is 5.65. The fraction of sp³-hybridized carbons (Fsp3) is 0.308. The minimum atomic E-state index is -0.135. The third kappa shape index (κ3) is 4.59. The molecule has 1 saturated carbocycles. The monoisotopic (exact) mass is 458 g/mol. The molecule has 0 spiro atoms. The number of benzene rings is 1. The van der Waals surface area contributed by atoms with Gasteiger partial charge in [-0.25, -0.2) is 9.97 Å². The van der Waals surface area contributed by atoms with E-state index in [0.29, 0.717) is 17.4 Å². The number of hydrogen-bond acceptors (Lipinski definition) is 6. The van der Waals surface area contributed by atoms with Crippen molar-refractivity contribution in [3.63, 3.8) is 0 Å². The predicted molar refractivity (Wildman–Crippen MR) is 130 cm³/mol. The molecule has 1 amide bonds. The van der Waals surface area contributed by atoms with Gasteiger partial charge in [-0.15, -0.1) is 11.3 Å². The number of carbonyl (C=O) groups is 1. The molecule has 3 heterocycles. The summed E-state index contributed by atoms with van der Waals surface area (Å²) in [5.41, 5.74) is 3.95. The molecule has 4 aromatic rings. The molecule has 0 aliphatic heterocycles.